The molecule has 0 amide bonds. The van der Waals surface area contributed by atoms with Crippen molar-refractivity contribution in [2.75, 3.05) is 11.4 Å². The Labute approximate surface area is 116 Å². The lowest BCUT2D eigenvalue weighted by Gasteiger charge is -2.23. The van der Waals surface area contributed by atoms with Gasteiger partial charge in [-0.15, -0.1) is 0 Å². The van der Waals surface area contributed by atoms with Gasteiger partial charge < -0.3 is 4.90 Å². The molecule has 0 aliphatic rings. The molecule has 0 aliphatic heterocycles. The van der Waals surface area contributed by atoms with Crippen molar-refractivity contribution in [3.63, 3.8) is 0 Å². The van der Waals surface area contributed by atoms with Crippen molar-refractivity contribution >= 4 is 29.3 Å². The number of aldehydes is 1. The molecule has 0 heterocycles. The van der Waals surface area contributed by atoms with Gasteiger partial charge in [-0.2, -0.15) is 0 Å². The molecule has 0 fully saturated rings. The Kier molecular flexibility index (Phi) is 4.17. The number of rotatable bonds is 4. The first-order valence-corrected chi connectivity index (χ1v) is 6.31. The molecule has 0 N–H and O–H groups in total. The van der Waals surface area contributed by atoms with Crippen molar-refractivity contribution < 1.29 is 9.18 Å². The van der Waals surface area contributed by atoms with Crippen LogP contribution in [0.25, 0.3) is 0 Å². The predicted octanol–water partition coefficient (Wildman–Crippen LogP) is 4.45. The smallest absolute Gasteiger partial charge is 0.151 e. The molecule has 2 nitrogen and oxygen atoms in total. The van der Waals surface area contributed by atoms with E-state index in [0.717, 1.165) is 17.7 Å². The van der Waals surface area contributed by atoms with Crippen LogP contribution in [0.3, 0.4) is 0 Å². The summed E-state index contributed by atoms with van der Waals surface area (Å²) in [6.45, 7) is 2.70. The highest BCUT2D eigenvalue weighted by Gasteiger charge is 2.09. The predicted molar refractivity (Wildman–Crippen MR) is 75.9 cm³/mol. The van der Waals surface area contributed by atoms with Crippen LogP contribution in [0.4, 0.5) is 15.8 Å². The molecule has 2 aromatic rings. The second-order valence-electron chi connectivity index (χ2n) is 4.04. The standard InChI is InChI=1S/C15H13ClFNO/c1-2-18(13-7-4-12(17)5-8-13)14-6-3-11(10-19)15(16)9-14/h3-10H,2H2,1H3. The molecule has 0 bridgehead atoms. The van der Waals surface area contributed by atoms with Gasteiger partial charge >= 0.3 is 0 Å². The average Bonchev–Trinajstić information content (AvgIpc) is 2.42. The van der Waals surface area contributed by atoms with Gasteiger partial charge in [-0.25, -0.2) is 4.39 Å². The molecule has 0 radical (unpaired) electrons. The third-order valence-corrected chi connectivity index (χ3v) is 3.20. The second-order valence-corrected chi connectivity index (χ2v) is 4.45. The summed E-state index contributed by atoms with van der Waals surface area (Å²) in [6, 6.07) is 11.5. The van der Waals surface area contributed by atoms with Crippen LogP contribution < -0.4 is 4.90 Å². The Morgan fingerprint density at radius 2 is 1.79 bits per heavy atom. The van der Waals surface area contributed by atoms with Gasteiger partial charge in [-0.05, 0) is 49.4 Å². The first-order chi connectivity index (χ1) is 9.15. The van der Waals surface area contributed by atoms with Crippen molar-refractivity contribution in [3.05, 3.63) is 58.9 Å². The minimum Gasteiger partial charge on any atom is -0.342 e. The number of hydrogen-bond donors (Lipinski definition) is 0. The summed E-state index contributed by atoms with van der Waals surface area (Å²) < 4.78 is 12.9. The van der Waals surface area contributed by atoms with Gasteiger partial charge in [0.05, 0.1) is 5.02 Å². The minimum atomic E-state index is -0.269. The van der Waals surface area contributed by atoms with Crippen molar-refractivity contribution in [1.29, 1.82) is 0 Å². The van der Waals surface area contributed by atoms with E-state index in [-0.39, 0.29) is 5.82 Å². The lowest BCUT2D eigenvalue weighted by atomic mass is 10.2. The molecular formula is C15H13ClFNO. The van der Waals surface area contributed by atoms with E-state index < -0.39 is 0 Å². The highest BCUT2D eigenvalue weighted by Crippen LogP contribution is 2.28. The largest absolute Gasteiger partial charge is 0.342 e. The first-order valence-electron chi connectivity index (χ1n) is 5.93. The minimum absolute atomic E-state index is 0.269. The first kappa shape index (κ1) is 13.6. The molecule has 98 valence electrons. The number of hydrogen-bond acceptors (Lipinski definition) is 2. The van der Waals surface area contributed by atoms with Crippen LogP contribution in [-0.4, -0.2) is 12.8 Å². The maximum atomic E-state index is 12.9. The number of nitrogens with zero attached hydrogens (tertiary/aromatic N) is 1. The molecule has 4 heteroatoms. The quantitative estimate of drug-likeness (QED) is 0.770. The van der Waals surface area contributed by atoms with Crippen molar-refractivity contribution in [2.45, 2.75) is 6.92 Å². The monoisotopic (exact) mass is 277 g/mol. The Balaban J connectivity index is 2.39. The Hall–Kier alpha value is -1.87. The molecular weight excluding hydrogens is 265 g/mol. The number of halogens is 2. The maximum absolute atomic E-state index is 12.9. The molecule has 0 saturated heterocycles. The summed E-state index contributed by atoms with van der Waals surface area (Å²) in [5.41, 5.74) is 2.20. The topological polar surface area (TPSA) is 20.3 Å². The summed E-state index contributed by atoms with van der Waals surface area (Å²) in [7, 11) is 0. The Morgan fingerprint density at radius 1 is 1.16 bits per heavy atom. The summed E-state index contributed by atoms with van der Waals surface area (Å²) in [5, 5.41) is 0.410. The van der Waals surface area contributed by atoms with Gasteiger partial charge in [0.1, 0.15) is 5.82 Å². The Morgan fingerprint density at radius 3 is 2.32 bits per heavy atom. The molecule has 0 aromatic heterocycles. The zero-order chi connectivity index (χ0) is 13.8. The molecule has 2 aromatic carbocycles. The van der Waals surface area contributed by atoms with E-state index in [1.165, 1.54) is 12.1 Å². The third kappa shape index (κ3) is 2.93. The zero-order valence-electron chi connectivity index (χ0n) is 10.4. The van der Waals surface area contributed by atoms with Crippen LogP contribution in [0.5, 0.6) is 0 Å². The van der Waals surface area contributed by atoms with Gasteiger partial charge in [0.25, 0.3) is 0 Å². The van der Waals surface area contributed by atoms with E-state index >= 15 is 0 Å². The number of carbonyl (C=O) groups excluding carboxylic acids is 1. The fraction of sp³-hybridized carbons (Fsp3) is 0.133. The van der Waals surface area contributed by atoms with Gasteiger partial charge in [-0.1, -0.05) is 11.6 Å². The van der Waals surface area contributed by atoms with Crippen molar-refractivity contribution in [3.8, 4) is 0 Å². The van der Waals surface area contributed by atoms with E-state index in [1.54, 1.807) is 24.3 Å². The van der Waals surface area contributed by atoms with E-state index in [4.69, 9.17) is 11.6 Å². The molecule has 0 unspecified atom stereocenters. The highest BCUT2D eigenvalue weighted by atomic mass is 35.5. The lowest BCUT2D eigenvalue weighted by molar-refractivity contribution is 0.112. The fourth-order valence-electron chi connectivity index (χ4n) is 1.91. The number of carbonyl (C=O) groups is 1. The van der Waals surface area contributed by atoms with Crippen LogP contribution in [0, 0.1) is 5.82 Å². The third-order valence-electron chi connectivity index (χ3n) is 2.88. The summed E-state index contributed by atoms with van der Waals surface area (Å²) in [5.74, 6) is -0.269. The fourth-order valence-corrected chi connectivity index (χ4v) is 2.13. The van der Waals surface area contributed by atoms with E-state index in [2.05, 4.69) is 0 Å². The van der Waals surface area contributed by atoms with Gasteiger partial charge in [0.2, 0.25) is 0 Å². The van der Waals surface area contributed by atoms with Gasteiger partial charge in [-0.3, -0.25) is 4.79 Å². The lowest BCUT2D eigenvalue weighted by Crippen LogP contribution is -2.16. The van der Waals surface area contributed by atoms with Crippen molar-refractivity contribution in [2.24, 2.45) is 0 Å². The van der Waals surface area contributed by atoms with Crippen LogP contribution in [0.2, 0.25) is 5.02 Å². The van der Waals surface area contributed by atoms with Gasteiger partial charge in [0.15, 0.2) is 6.29 Å². The van der Waals surface area contributed by atoms with Crippen LogP contribution in [-0.2, 0) is 0 Å². The normalized spacial score (nSPS) is 10.3. The number of anilines is 2. The van der Waals surface area contributed by atoms with Crippen molar-refractivity contribution in [1.82, 2.24) is 0 Å². The molecule has 0 spiro atoms. The SMILES string of the molecule is CCN(c1ccc(F)cc1)c1ccc(C=O)c(Cl)c1. The number of benzene rings is 2. The Bertz CT molecular complexity index is 583. The molecule has 0 atom stereocenters. The van der Waals surface area contributed by atoms with Crippen LogP contribution in [0.15, 0.2) is 42.5 Å². The van der Waals surface area contributed by atoms with E-state index in [9.17, 15) is 9.18 Å². The second kappa shape index (κ2) is 5.85. The molecule has 19 heavy (non-hydrogen) atoms. The zero-order valence-corrected chi connectivity index (χ0v) is 11.2. The van der Waals surface area contributed by atoms with E-state index in [0.29, 0.717) is 17.1 Å². The summed E-state index contributed by atoms with van der Waals surface area (Å²) in [4.78, 5) is 12.7. The highest BCUT2D eigenvalue weighted by molar-refractivity contribution is 6.33. The maximum Gasteiger partial charge on any atom is 0.151 e. The van der Waals surface area contributed by atoms with Gasteiger partial charge in [0, 0.05) is 23.5 Å². The van der Waals surface area contributed by atoms with Crippen LogP contribution in [0.1, 0.15) is 17.3 Å². The summed E-state index contributed by atoms with van der Waals surface area (Å²) in [6.07, 6.45) is 0.723. The molecule has 0 aliphatic carbocycles. The van der Waals surface area contributed by atoms with Crippen LogP contribution >= 0.6 is 11.6 Å². The molecule has 0 saturated carbocycles. The average molecular weight is 278 g/mol. The van der Waals surface area contributed by atoms with E-state index in [1.807, 2.05) is 17.9 Å². The summed E-state index contributed by atoms with van der Waals surface area (Å²) >= 11 is 6.03. The molecule has 2 rings (SSSR count).